The van der Waals surface area contributed by atoms with E-state index in [1.54, 1.807) is 6.92 Å². The molecule has 0 bridgehead atoms. The van der Waals surface area contributed by atoms with Crippen LogP contribution in [0.2, 0.25) is 5.02 Å². The molecule has 0 spiro atoms. The van der Waals surface area contributed by atoms with Crippen molar-refractivity contribution in [2.45, 2.75) is 6.92 Å². The molecule has 0 saturated heterocycles. The Hall–Kier alpha value is -1.79. The molecule has 0 saturated carbocycles. The molecule has 19 heavy (non-hydrogen) atoms. The van der Waals surface area contributed by atoms with E-state index in [-0.39, 0.29) is 21.1 Å². The lowest BCUT2D eigenvalue weighted by molar-refractivity contribution is 0.627. The van der Waals surface area contributed by atoms with Crippen LogP contribution >= 0.6 is 23.8 Å². The predicted molar refractivity (Wildman–Crippen MR) is 75.4 cm³/mol. The smallest absolute Gasteiger partial charge is 0.210 e. The van der Waals surface area contributed by atoms with E-state index >= 15 is 0 Å². The molecule has 0 unspecified atom stereocenters. The Morgan fingerprint density at radius 2 is 2.16 bits per heavy atom. The zero-order valence-corrected chi connectivity index (χ0v) is 11.4. The van der Waals surface area contributed by atoms with Gasteiger partial charge in [-0.3, -0.25) is 4.79 Å². The van der Waals surface area contributed by atoms with Crippen molar-refractivity contribution in [1.82, 2.24) is 9.78 Å². The van der Waals surface area contributed by atoms with Crippen LogP contribution in [0.4, 0.5) is 4.39 Å². The van der Waals surface area contributed by atoms with Gasteiger partial charge in [-0.1, -0.05) is 23.8 Å². The number of aryl methyl sites for hydroxylation is 1. The van der Waals surface area contributed by atoms with Gasteiger partial charge in [0.15, 0.2) is 5.69 Å². The fourth-order valence-electron chi connectivity index (χ4n) is 1.60. The second kappa shape index (κ2) is 5.07. The van der Waals surface area contributed by atoms with E-state index in [1.165, 1.54) is 28.9 Å². The first-order valence-electron chi connectivity index (χ1n) is 5.26. The standard InChI is InChI=1S/C12H9ClFN3OS/c1-6-4-10(18)11(12(15)19)16-17(6)7-2-3-9(14)8(13)5-7/h2-5H,1H3,(H2,15,19). The molecule has 0 aliphatic heterocycles. The minimum absolute atomic E-state index is 0.0129. The van der Waals surface area contributed by atoms with Crippen LogP contribution in [0.15, 0.2) is 29.1 Å². The minimum Gasteiger partial charge on any atom is -0.388 e. The summed E-state index contributed by atoms with van der Waals surface area (Å²) in [7, 11) is 0. The van der Waals surface area contributed by atoms with E-state index in [0.29, 0.717) is 11.4 Å². The van der Waals surface area contributed by atoms with Crippen molar-refractivity contribution in [2.24, 2.45) is 5.73 Å². The lowest BCUT2D eigenvalue weighted by atomic mass is 10.2. The van der Waals surface area contributed by atoms with Crippen molar-refractivity contribution in [3.8, 4) is 5.69 Å². The molecule has 0 radical (unpaired) electrons. The summed E-state index contributed by atoms with van der Waals surface area (Å²) < 4.78 is 14.6. The number of rotatable bonds is 2. The Labute approximate surface area is 118 Å². The number of halogens is 2. The van der Waals surface area contributed by atoms with Crippen molar-refractivity contribution < 1.29 is 4.39 Å². The van der Waals surface area contributed by atoms with E-state index in [1.807, 2.05) is 0 Å². The first-order chi connectivity index (χ1) is 8.90. The summed E-state index contributed by atoms with van der Waals surface area (Å²) in [6, 6.07) is 5.48. The number of thiocarbonyl (C=S) groups is 1. The Bertz CT molecular complexity index is 729. The van der Waals surface area contributed by atoms with Gasteiger partial charge in [-0.15, -0.1) is 0 Å². The van der Waals surface area contributed by atoms with E-state index in [9.17, 15) is 9.18 Å². The first-order valence-corrected chi connectivity index (χ1v) is 6.05. The molecule has 2 aromatic rings. The van der Waals surface area contributed by atoms with Crippen molar-refractivity contribution in [3.05, 3.63) is 56.7 Å². The van der Waals surface area contributed by atoms with Crippen LogP contribution in [0.1, 0.15) is 11.4 Å². The molecule has 2 N–H and O–H groups in total. The lowest BCUT2D eigenvalue weighted by Crippen LogP contribution is -2.26. The van der Waals surface area contributed by atoms with E-state index in [4.69, 9.17) is 29.6 Å². The van der Waals surface area contributed by atoms with Crippen LogP contribution < -0.4 is 11.2 Å². The minimum atomic E-state index is -0.529. The largest absolute Gasteiger partial charge is 0.388 e. The summed E-state index contributed by atoms with van der Waals surface area (Å²) in [5, 5.41) is 4.04. The summed E-state index contributed by atoms with van der Waals surface area (Å²) >= 11 is 10.5. The van der Waals surface area contributed by atoms with E-state index in [0.717, 1.165) is 0 Å². The molecule has 0 aliphatic carbocycles. The summed E-state index contributed by atoms with van der Waals surface area (Å²) in [5.74, 6) is -0.529. The number of nitrogens with zero attached hydrogens (tertiary/aromatic N) is 2. The second-order valence-corrected chi connectivity index (χ2v) is 4.72. The maximum Gasteiger partial charge on any atom is 0.210 e. The molecule has 1 heterocycles. The van der Waals surface area contributed by atoms with Gasteiger partial charge in [0.25, 0.3) is 0 Å². The van der Waals surface area contributed by atoms with Crippen LogP contribution in [0, 0.1) is 12.7 Å². The van der Waals surface area contributed by atoms with Gasteiger partial charge >= 0.3 is 0 Å². The Morgan fingerprint density at radius 3 is 2.74 bits per heavy atom. The van der Waals surface area contributed by atoms with Gasteiger partial charge in [-0.05, 0) is 25.1 Å². The maximum atomic E-state index is 13.1. The van der Waals surface area contributed by atoms with Crippen LogP contribution in [-0.2, 0) is 0 Å². The van der Waals surface area contributed by atoms with Crippen molar-refractivity contribution in [3.63, 3.8) is 0 Å². The highest BCUT2D eigenvalue weighted by Gasteiger charge is 2.10. The van der Waals surface area contributed by atoms with E-state index < -0.39 is 5.82 Å². The number of nitrogens with two attached hydrogens (primary N) is 1. The number of aromatic nitrogens is 2. The van der Waals surface area contributed by atoms with Crippen LogP contribution in [0.5, 0.6) is 0 Å². The number of hydrogen-bond donors (Lipinski definition) is 1. The highest BCUT2D eigenvalue weighted by atomic mass is 35.5. The molecule has 4 nitrogen and oxygen atoms in total. The topological polar surface area (TPSA) is 60.9 Å². The molecule has 1 aromatic carbocycles. The van der Waals surface area contributed by atoms with Gasteiger partial charge in [0, 0.05) is 11.8 Å². The van der Waals surface area contributed by atoms with Crippen LogP contribution in [-0.4, -0.2) is 14.8 Å². The summed E-state index contributed by atoms with van der Waals surface area (Å²) in [4.78, 5) is 11.6. The molecule has 0 amide bonds. The molecular weight excluding hydrogens is 289 g/mol. The SMILES string of the molecule is Cc1cc(=O)c(C(N)=S)nn1-c1ccc(F)c(Cl)c1. The van der Waals surface area contributed by atoms with Gasteiger partial charge in [-0.25, -0.2) is 9.07 Å². The highest BCUT2D eigenvalue weighted by molar-refractivity contribution is 7.80. The fourth-order valence-corrected chi connectivity index (χ4v) is 1.91. The van der Waals surface area contributed by atoms with Crippen molar-refractivity contribution in [2.75, 3.05) is 0 Å². The molecule has 0 fully saturated rings. The molecule has 1 aromatic heterocycles. The molecule has 0 atom stereocenters. The zero-order valence-electron chi connectivity index (χ0n) is 9.85. The van der Waals surface area contributed by atoms with Crippen LogP contribution in [0.3, 0.4) is 0 Å². The second-order valence-electron chi connectivity index (χ2n) is 3.87. The lowest BCUT2D eigenvalue weighted by Gasteiger charge is -2.11. The van der Waals surface area contributed by atoms with Gasteiger partial charge in [-0.2, -0.15) is 5.10 Å². The van der Waals surface area contributed by atoms with Crippen molar-refractivity contribution >= 4 is 28.8 Å². The third-order valence-electron chi connectivity index (χ3n) is 2.49. The summed E-state index contributed by atoms with van der Waals surface area (Å²) in [5.41, 5.74) is 6.15. The van der Waals surface area contributed by atoms with Crippen LogP contribution in [0.25, 0.3) is 5.69 Å². The maximum absolute atomic E-state index is 13.1. The van der Waals surface area contributed by atoms with Crippen molar-refractivity contribution in [1.29, 1.82) is 0 Å². The average molecular weight is 298 g/mol. The molecule has 7 heteroatoms. The zero-order chi connectivity index (χ0) is 14.2. The quantitative estimate of drug-likeness (QED) is 0.861. The highest BCUT2D eigenvalue weighted by Crippen LogP contribution is 2.19. The Kier molecular flexibility index (Phi) is 3.64. The van der Waals surface area contributed by atoms with Gasteiger partial charge in [0.1, 0.15) is 10.8 Å². The number of hydrogen-bond acceptors (Lipinski definition) is 3. The van der Waals surface area contributed by atoms with Gasteiger partial charge < -0.3 is 5.73 Å². The Morgan fingerprint density at radius 1 is 1.47 bits per heavy atom. The monoisotopic (exact) mass is 297 g/mol. The molecular formula is C12H9ClFN3OS. The molecule has 98 valence electrons. The van der Waals surface area contributed by atoms with Gasteiger partial charge in [0.2, 0.25) is 5.43 Å². The number of benzene rings is 1. The normalized spacial score (nSPS) is 10.5. The third kappa shape index (κ3) is 2.64. The Balaban J connectivity index is 2.68. The van der Waals surface area contributed by atoms with Gasteiger partial charge in [0.05, 0.1) is 10.7 Å². The fraction of sp³-hybridized carbons (Fsp3) is 0.0833. The first kappa shape index (κ1) is 13.6. The average Bonchev–Trinajstić information content (AvgIpc) is 2.32. The van der Waals surface area contributed by atoms with E-state index in [2.05, 4.69) is 5.10 Å². The molecule has 2 rings (SSSR count). The third-order valence-corrected chi connectivity index (χ3v) is 2.97. The summed E-state index contributed by atoms with van der Waals surface area (Å²) in [6.07, 6.45) is 0. The summed E-state index contributed by atoms with van der Waals surface area (Å²) in [6.45, 7) is 1.69. The predicted octanol–water partition coefficient (Wildman–Crippen LogP) is 1.97. The molecule has 0 aliphatic rings.